The number of halogens is 1. The second-order valence-corrected chi connectivity index (χ2v) is 8.92. The molecule has 0 aliphatic carbocycles. The predicted molar refractivity (Wildman–Crippen MR) is 105 cm³/mol. The van der Waals surface area contributed by atoms with Crippen LogP contribution < -0.4 is 14.2 Å². The molecule has 0 aromatic heterocycles. The molecule has 6 nitrogen and oxygen atoms in total. The highest BCUT2D eigenvalue weighted by Gasteiger charge is 2.28. The third kappa shape index (κ3) is 3.82. The Labute approximate surface area is 162 Å². The maximum absolute atomic E-state index is 12.7. The summed E-state index contributed by atoms with van der Waals surface area (Å²) in [6, 6.07) is 10.2. The molecule has 0 bridgehead atoms. The molecule has 0 spiro atoms. The first kappa shape index (κ1) is 19.0. The number of rotatable bonds is 5. The first-order valence-corrected chi connectivity index (χ1v) is 10.4. The van der Waals surface area contributed by atoms with Crippen molar-refractivity contribution in [2.45, 2.75) is 17.4 Å². The van der Waals surface area contributed by atoms with Gasteiger partial charge in [-0.2, -0.15) is 0 Å². The fourth-order valence-electron chi connectivity index (χ4n) is 2.88. The molecule has 2 aromatic carbocycles. The maximum Gasteiger partial charge on any atom is 0.262 e. The Bertz CT molecular complexity index is 915. The van der Waals surface area contributed by atoms with Crippen molar-refractivity contribution in [2.24, 2.45) is 0 Å². The van der Waals surface area contributed by atoms with Crippen LogP contribution in [0.15, 0.2) is 45.8 Å². The van der Waals surface area contributed by atoms with E-state index in [1.54, 1.807) is 43.5 Å². The van der Waals surface area contributed by atoms with Crippen molar-refractivity contribution in [1.82, 2.24) is 4.90 Å². The van der Waals surface area contributed by atoms with Gasteiger partial charge in [0, 0.05) is 16.1 Å². The summed E-state index contributed by atoms with van der Waals surface area (Å²) in [7, 11) is 1.85. The van der Waals surface area contributed by atoms with Crippen molar-refractivity contribution in [3.8, 4) is 11.5 Å². The number of nitrogens with one attached hydrogen (secondary N) is 1. The number of hydrogen-bond acceptors (Lipinski definition) is 5. The molecular weight excluding hydrogens is 420 g/mol. The summed E-state index contributed by atoms with van der Waals surface area (Å²) in [6.45, 7) is 0.485. The Morgan fingerprint density at radius 2 is 2.04 bits per heavy atom. The number of likely N-dealkylation sites (N-methyl/N-ethyl adjacent to an activating group) is 1. The molecule has 1 aliphatic rings. The average Bonchev–Trinajstić information content (AvgIpc) is 2.61. The predicted octanol–water partition coefficient (Wildman–Crippen LogP) is 3.12. The Kier molecular flexibility index (Phi) is 5.45. The second-order valence-electron chi connectivity index (χ2n) is 6.32. The van der Waals surface area contributed by atoms with Gasteiger partial charge in [0.25, 0.3) is 10.0 Å². The number of anilines is 1. The van der Waals surface area contributed by atoms with E-state index in [9.17, 15) is 8.42 Å². The Balaban J connectivity index is 1.98. The SMILES string of the molecule is COc1ccc(NS(=O)(=O)c2cccc(Br)c2)c2c1CC(N(C)C)CO2. The van der Waals surface area contributed by atoms with Crippen LogP contribution in [0.5, 0.6) is 11.5 Å². The lowest BCUT2D eigenvalue weighted by Crippen LogP contribution is -2.38. The lowest BCUT2D eigenvalue weighted by molar-refractivity contribution is 0.164. The maximum atomic E-state index is 12.7. The molecule has 2 aromatic rings. The minimum Gasteiger partial charge on any atom is -0.496 e. The van der Waals surface area contributed by atoms with Crippen LogP contribution in [0.2, 0.25) is 0 Å². The summed E-state index contributed by atoms with van der Waals surface area (Å²) in [5, 5.41) is 0. The van der Waals surface area contributed by atoms with Gasteiger partial charge in [-0.3, -0.25) is 4.72 Å². The standard InChI is InChI=1S/C18H21BrN2O4S/c1-21(2)13-10-15-17(24-3)8-7-16(18(15)25-11-13)20-26(22,23)14-6-4-5-12(19)9-14/h4-9,13,20H,10-11H2,1-3H3. The van der Waals surface area contributed by atoms with Gasteiger partial charge in [0.15, 0.2) is 0 Å². The van der Waals surface area contributed by atoms with Crippen LogP contribution in [-0.2, 0) is 16.4 Å². The molecule has 3 rings (SSSR count). The molecule has 1 N–H and O–H groups in total. The van der Waals surface area contributed by atoms with Crippen LogP contribution in [0.25, 0.3) is 0 Å². The van der Waals surface area contributed by atoms with Crippen molar-refractivity contribution in [3.05, 3.63) is 46.4 Å². The zero-order valence-electron chi connectivity index (χ0n) is 14.8. The van der Waals surface area contributed by atoms with Gasteiger partial charge in [0.2, 0.25) is 0 Å². The Morgan fingerprint density at radius 1 is 1.27 bits per heavy atom. The first-order valence-electron chi connectivity index (χ1n) is 8.09. The molecule has 8 heteroatoms. The lowest BCUT2D eigenvalue weighted by Gasteiger charge is -2.32. The van der Waals surface area contributed by atoms with Crippen molar-refractivity contribution in [3.63, 3.8) is 0 Å². The van der Waals surface area contributed by atoms with Crippen LogP contribution in [0.4, 0.5) is 5.69 Å². The molecule has 26 heavy (non-hydrogen) atoms. The number of benzene rings is 2. The van der Waals surface area contributed by atoms with Crippen molar-refractivity contribution in [2.75, 3.05) is 32.5 Å². The smallest absolute Gasteiger partial charge is 0.262 e. The number of ether oxygens (including phenoxy) is 2. The minimum atomic E-state index is -3.73. The van der Waals surface area contributed by atoms with E-state index in [-0.39, 0.29) is 10.9 Å². The summed E-state index contributed by atoms with van der Waals surface area (Å²) < 4.78 is 40.2. The Hall–Kier alpha value is -1.77. The van der Waals surface area contributed by atoms with E-state index in [1.807, 2.05) is 14.1 Å². The molecule has 1 unspecified atom stereocenters. The molecule has 0 amide bonds. The van der Waals surface area contributed by atoms with E-state index < -0.39 is 10.0 Å². The highest BCUT2D eigenvalue weighted by atomic mass is 79.9. The van der Waals surface area contributed by atoms with E-state index in [0.29, 0.717) is 28.3 Å². The number of nitrogens with zero attached hydrogens (tertiary/aromatic N) is 1. The fourth-order valence-corrected chi connectivity index (χ4v) is 4.54. The summed E-state index contributed by atoms with van der Waals surface area (Å²) in [5.41, 5.74) is 1.28. The van der Waals surface area contributed by atoms with E-state index in [4.69, 9.17) is 9.47 Å². The summed E-state index contributed by atoms with van der Waals surface area (Å²) in [5.74, 6) is 1.22. The second kappa shape index (κ2) is 7.46. The van der Waals surface area contributed by atoms with Crippen LogP contribution in [0.3, 0.4) is 0 Å². The molecule has 0 saturated carbocycles. The highest BCUT2D eigenvalue weighted by Crippen LogP contribution is 2.40. The zero-order chi connectivity index (χ0) is 18.9. The van der Waals surface area contributed by atoms with Crippen LogP contribution in [0.1, 0.15) is 5.56 Å². The Morgan fingerprint density at radius 3 is 2.69 bits per heavy atom. The van der Waals surface area contributed by atoms with Crippen LogP contribution in [-0.4, -0.2) is 47.2 Å². The quantitative estimate of drug-likeness (QED) is 0.773. The molecule has 1 atom stereocenters. The number of fused-ring (bicyclic) bond motifs is 1. The third-order valence-corrected chi connectivity index (χ3v) is 6.23. The fraction of sp³-hybridized carbons (Fsp3) is 0.333. The van der Waals surface area contributed by atoms with Gasteiger partial charge in [-0.15, -0.1) is 0 Å². The molecule has 140 valence electrons. The average molecular weight is 441 g/mol. The zero-order valence-corrected chi connectivity index (χ0v) is 17.2. The third-order valence-electron chi connectivity index (χ3n) is 4.38. The van der Waals surface area contributed by atoms with E-state index in [2.05, 4.69) is 25.6 Å². The van der Waals surface area contributed by atoms with Crippen LogP contribution >= 0.6 is 15.9 Å². The van der Waals surface area contributed by atoms with Gasteiger partial charge in [-0.25, -0.2) is 8.42 Å². The molecule has 0 radical (unpaired) electrons. The first-order chi connectivity index (χ1) is 12.3. The highest BCUT2D eigenvalue weighted by molar-refractivity contribution is 9.10. The van der Waals surface area contributed by atoms with E-state index in [1.165, 1.54) is 0 Å². The summed E-state index contributed by atoms with van der Waals surface area (Å²) >= 11 is 3.30. The molecule has 1 heterocycles. The van der Waals surface area contributed by atoms with E-state index >= 15 is 0 Å². The largest absolute Gasteiger partial charge is 0.496 e. The summed E-state index contributed by atoms with van der Waals surface area (Å²) in [4.78, 5) is 2.26. The van der Waals surface area contributed by atoms with Gasteiger partial charge in [0.05, 0.1) is 17.7 Å². The number of methoxy groups -OCH3 is 1. The number of sulfonamides is 1. The molecule has 0 fully saturated rings. The van der Waals surface area contributed by atoms with Gasteiger partial charge in [-0.1, -0.05) is 22.0 Å². The number of hydrogen-bond donors (Lipinski definition) is 1. The van der Waals surface area contributed by atoms with Gasteiger partial charge in [0.1, 0.15) is 18.1 Å². The molecular formula is C18H21BrN2O4S. The van der Waals surface area contributed by atoms with Crippen LogP contribution in [0, 0.1) is 0 Å². The van der Waals surface area contributed by atoms with E-state index in [0.717, 1.165) is 12.0 Å². The topological polar surface area (TPSA) is 67.9 Å². The minimum absolute atomic E-state index is 0.179. The normalized spacial score (nSPS) is 16.7. The van der Waals surface area contributed by atoms with Gasteiger partial charge in [-0.05, 0) is 50.8 Å². The van der Waals surface area contributed by atoms with Crippen molar-refractivity contribution in [1.29, 1.82) is 0 Å². The lowest BCUT2D eigenvalue weighted by atomic mass is 10.00. The molecule has 0 saturated heterocycles. The van der Waals surface area contributed by atoms with Crippen molar-refractivity contribution >= 4 is 31.6 Å². The van der Waals surface area contributed by atoms with Crippen molar-refractivity contribution < 1.29 is 17.9 Å². The summed E-state index contributed by atoms with van der Waals surface area (Å²) in [6.07, 6.45) is 0.720. The van der Waals surface area contributed by atoms with Gasteiger partial charge < -0.3 is 14.4 Å². The monoisotopic (exact) mass is 440 g/mol. The van der Waals surface area contributed by atoms with Gasteiger partial charge >= 0.3 is 0 Å². The molecule has 1 aliphatic heterocycles.